The molecule has 4 rings (SSSR count). The predicted octanol–water partition coefficient (Wildman–Crippen LogP) is 2.37. The van der Waals surface area contributed by atoms with Crippen LogP contribution in [0.25, 0.3) is 0 Å². The number of methoxy groups -OCH3 is 2. The lowest BCUT2D eigenvalue weighted by atomic mass is 9.79. The number of fused-ring (bicyclic) bond motifs is 1. The largest absolute Gasteiger partial charge is 0.493 e. The number of hydrogen-bond acceptors (Lipinski definition) is 6. The zero-order valence-electron chi connectivity index (χ0n) is 16.7. The summed E-state index contributed by atoms with van der Waals surface area (Å²) < 4.78 is 10.8. The summed E-state index contributed by atoms with van der Waals surface area (Å²) in [7, 11) is 4.78. The third-order valence-corrected chi connectivity index (χ3v) is 5.27. The Bertz CT molecular complexity index is 1080. The molecule has 0 bridgehead atoms. The van der Waals surface area contributed by atoms with Gasteiger partial charge < -0.3 is 14.4 Å². The number of carbonyl (C=O) groups is 2. The highest BCUT2D eigenvalue weighted by atomic mass is 16.5. The van der Waals surface area contributed by atoms with Gasteiger partial charge in [-0.1, -0.05) is 24.3 Å². The Kier molecular flexibility index (Phi) is 5.09. The maximum absolute atomic E-state index is 13.3. The molecular formula is C21H21N5O4. The van der Waals surface area contributed by atoms with Gasteiger partial charge in [-0.05, 0) is 29.3 Å². The van der Waals surface area contributed by atoms with Crippen LogP contribution >= 0.6 is 0 Å². The number of hydrogen-bond donors (Lipinski definition) is 2. The monoisotopic (exact) mass is 407 g/mol. The number of amides is 2. The third kappa shape index (κ3) is 3.24. The van der Waals surface area contributed by atoms with Crippen molar-refractivity contribution in [2.24, 2.45) is 0 Å². The highest BCUT2D eigenvalue weighted by Crippen LogP contribution is 2.44. The number of ether oxygens (including phenoxy) is 2. The summed E-state index contributed by atoms with van der Waals surface area (Å²) in [5.41, 5.74) is 1.89. The van der Waals surface area contributed by atoms with E-state index in [2.05, 4.69) is 20.5 Å². The summed E-state index contributed by atoms with van der Waals surface area (Å²) in [6.07, 6.45) is 1.31. The van der Waals surface area contributed by atoms with Crippen LogP contribution in [0, 0.1) is 0 Å². The first-order valence-corrected chi connectivity index (χ1v) is 9.29. The number of nitrogens with zero attached hydrogens (tertiary/aromatic N) is 3. The molecule has 0 spiro atoms. The second-order valence-electron chi connectivity index (χ2n) is 6.86. The number of H-pyrrole nitrogens is 1. The van der Waals surface area contributed by atoms with Gasteiger partial charge in [0.05, 0.1) is 26.2 Å². The van der Waals surface area contributed by atoms with Crippen LogP contribution in [-0.2, 0) is 4.79 Å². The van der Waals surface area contributed by atoms with E-state index in [-0.39, 0.29) is 17.8 Å². The summed E-state index contributed by atoms with van der Waals surface area (Å²) in [6.45, 7) is 0. The van der Waals surface area contributed by atoms with Gasteiger partial charge in [-0.2, -0.15) is 10.1 Å². The molecule has 0 saturated carbocycles. The molecule has 154 valence electrons. The number of anilines is 1. The van der Waals surface area contributed by atoms with Gasteiger partial charge in [0.1, 0.15) is 6.33 Å². The van der Waals surface area contributed by atoms with Gasteiger partial charge in [-0.15, -0.1) is 0 Å². The molecule has 0 unspecified atom stereocenters. The second kappa shape index (κ2) is 7.86. The van der Waals surface area contributed by atoms with Crippen LogP contribution in [-0.4, -0.2) is 53.2 Å². The summed E-state index contributed by atoms with van der Waals surface area (Å²) >= 11 is 0. The standard InChI is InChI=1S/C21H21N5O4/c1-26-18(12-8-9-15(29-2)16(10-12)30-3)17(19(27)24-21-22-11-23-25-21)13-6-4-5-7-14(13)20(26)28/h4-11,17-18H,1-3H3,(H2,22,23,24,25,27)/t17-,18+/m0/s1. The van der Waals surface area contributed by atoms with E-state index in [4.69, 9.17) is 9.47 Å². The zero-order chi connectivity index (χ0) is 21.3. The first kappa shape index (κ1) is 19.4. The molecule has 0 fully saturated rings. The topological polar surface area (TPSA) is 109 Å². The molecule has 0 radical (unpaired) electrons. The van der Waals surface area contributed by atoms with Crippen molar-refractivity contribution in [1.82, 2.24) is 20.1 Å². The Balaban J connectivity index is 1.84. The lowest BCUT2D eigenvalue weighted by Gasteiger charge is -2.39. The fraction of sp³-hybridized carbons (Fsp3) is 0.238. The van der Waals surface area contributed by atoms with E-state index in [1.807, 2.05) is 12.1 Å². The molecule has 1 aromatic heterocycles. The van der Waals surface area contributed by atoms with Crippen LogP contribution in [0.15, 0.2) is 48.8 Å². The second-order valence-corrected chi connectivity index (χ2v) is 6.86. The number of benzene rings is 2. The molecule has 2 aromatic carbocycles. The molecule has 30 heavy (non-hydrogen) atoms. The molecule has 2 atom stereocenters. The smallest absolute Gasteiger partial charge is 0.254 e. The number of rotatable bonds is 5. The van der Waals surface area contributed by atoms with Crippen LogP contribution in [0.1, 0.15) is 33.4 Å². The summed E-state index contributed by atoms with van der Waals surface area (Å²) in [5.74, 6) is 0.181. The summed E-state index contributed by atoms with van der Waals surface area (Å²) in [6, 6.07) is 12.0. The Morgan fingerprint density at radius 2 is 1.90 bits per heavy atom. The van der Waals surface area contributed by atoms with E-state index in [1.165, 1.54) is 6.33 Å². The van der Waals surface area contributed by atoms with Crippen molar-refractivity contribution in [3.05, 3.63) is 65.5 Å². The van der Waals surface area contributed by atoms with E-state index < -0.39 is 12.0 Å². The molecule has 9 nitrogen and oxygen atoms in total. The van der Waals surface area contributed by atoms with E-state index in [9.17, 15) is 9.59 Å². The fourth-order valence-electron chi connectivity index (χ4n) is 3.87. The van der Waals surface area contributed by atoms with Gasteiger partial charge >= 0.3 is 0 Å². The molecular weight excluding hydrogens is 386 g/mol. The van der Waals surface area contributed by atoms with Crippen molar-refractivity contribution in [2.45, 2.75) is 12.0 Å². The minimum Gasteiger partial charge on any atom is -0.493 e. The molecule has 3 aromatic rings. The Hall–Kier alpha value is -3.88. The van der Waals surface area contributed by atoms with E-state index in [1.54, 1.807) is 56.5 Å². The van der Waals surface area contributed by atoms with E-state index >= 15 is 0 Å². The molecule has 9 heteroatoms. The van der Waals surface area contributed by atoms with Gasteiger partial charge in [0, 0.05) is 12.6 Å². The minimum absolute atomic E-state index is 0.158. The zero-order valence-corrected chi connectivity index (χ0v) is 16.7. The van der Waals surface area contributed by atoms with Gasteiger partial charge in [-0.3, -0.25) is 14.9 Å². The third-order valence-electron chi connectivity index (χ3n) is 5.27. The average molecular weight is 407 g/mol. The van der Waals surface area contributed by atoms with E-state index in [0.717, 1.165) is 5.56 Å². The molecule has 1 aliphatic rings. The van der Waals surface area contributed by atoms with Crippen LogP contribution in [0.2, 0.25) is 0 Å². The van der Waals surface area contributed by atoms with Crippen LogP contribution < -0.4 is 14.8 Å². The van der Waals surface area contributed by atoms with Gasteiger partial charge in [0.25, 0.3) is 5.91 Å². The normalized spacial score (nSPS) is 18.0. The highest BCUT2D eigenvalue weighted by Gasteiger charge is 2.43. The first-order chi connectivity index (χ1) is 14.5. The number of aromatic nitrogens is 3. The SMILES string of the molecule is COc1ccc([C@@H]2[C@@H](C(=O)Nc3ncn[nH]3)c3ccccc3C(=O)N2C)cc1OC. The highest BCUT2D eigenvalue weighted by molar-refractivity contribution is 6.03. The van der Waals surface area contributed by atoms with Crippen molar-refractivity contribution in [2.75, 3.05) is 26.6 Å². The van der Waals surface area contributed by atoms with Gasteiger partial charge in [0.2, 0.25) is 11.9 Å². The van der Waals surface area contributed by atoms with Crippen LogP contribution in [0.4, 0.5) is 5.95 Å². The lowest BCUT2D eigenvalue weighted by Crippen LogP contribution is -2.44. The molecule has 2 N–H and O–H groups in total. The van der Waals surface area contributed by atoms with E-state index in [0.29, 0.717) is 22.6 Å². The van der Waals surface area contributed by atoms with Crippen molar-refractivity contribution in [3.63, 3.8) is 0 Å². The minimum atomic E-state index is -0.674. The Morgan fingerprint density at radius 1 is 1.13 bits per heavy atom. The number of likely N-dealkylation sites (N-methyl/N-ethyl adjacent to an activating group) is 1. The lowest BCUT2D eigenvalue weighted by molar-refractivity contribution is -0.119. The summed E-state index contributed by atoms with van der Waals surface area (Å²) in [5, 5.41) is 9.15. The fourth-order valence-corrected chi connectivity index (χ4v) is 3.87. The first-order valence-electron chi connectivity index (χ1n) is 9.29. The molecule has 0 saturated heterocycles. The molecule has 0 aliphatic carbocycles. The number of carbonyl (C=O) groups excluding carboxylic acids is 2. The predicted molar refractivity (Wildman–Crippen MR) is 109 cm³/mol. The average Bonchev–Trinajstić information content (AvgIpc) is 3.28. The van der Waals surface area contributed by atoms with Crippen molar-refractivity contribution in [3.8, 4) is 11.5 Å². The van der Waals surface area contributed by atoms with Crippen LogP contribution in [0.3, 0.4) is 0 Å². The molecule has 1 aliphatic heterocycles. The maximum atomic E-state index is 13.3. The van der Waals surface area contributed by atoms with Gasteiger partial charge in [-0.25, -0.2) is 5.10 Å². The van der Waals surface area contributed by atoms with Crippen molar-refractivity contribution in [1.29, 1.82) is 0 Å². The Labute approximate surface area is 173 Å². The van der Waals surface area contributed by atoms with Crippen molar-refractivity contribution >= 4 is 17.8 Å². The number of nitrogens with one attached hydrogen (secondary N) is 2. The molecule has 2 amide bonds. The van der Waals surface area contributed by atoms with Crippen molar-refractivity contribution < 1.29 is 19.1 Å². The summed E-state index contributed by atoms with van der Waals surface area (Å²) in [4.78, 5) is 32.0. The Morgan fingerprint density at radius 3 is 2.60 bits per heavy atom. The number of aromatic amines is 1. The maximum Gasteiger partial charge on any atom is 0.254 e. The molecule has 2 heterocycles. The van der Waals surface area contributed by atoms with Gasteiger partial charge in [0.15, 0.2) is 11.5 Å². The quantitative estimate of drug-likeness (QED) is 0.672. The van der Waals surface area contributed by atoms with Crippen LogP contribution in [0.5, 0.6) is 11.5 Å².